The van der Waals surface area contributed by atoms with Crippen LogP contribution in [0.3, 0.4) is 0 Å². The molecule has 0 radical (unpaired) electrons. The molecular weight excluding hydrogens is 234 g/mol. The van der Waals surface area contributed by atoms with Crippen molar-refractivity contribution in [2.75, 3.05) is 26.7 Å². The molecule has 0 amide bonds. The van der Waals surface area contributed by atoms with E-state index in [1.165, 1.54) is 12.1 Å². The highest BCUT2D eigenvalue weighted by Gasteiger charge is 2.05. The molecule has 1 aromatic rings. The molecule has 2 nitrogen and oxygen atoms in total. The molecule has 1 rings (SSSR count). The second kappa shape index (κ2) is 8.16. The smallest absolute Gasteiger partial charge is 0.159 e. The van der Waals surface area contributed by atoms with E-state index in [0.717, 1.165) is 31.6 Å². The predicted molar refractivity (Wildman–Crippen MR) is 70.6 cm³/mol. The first-order valence-electron chi connectivity index (χ1n) is 6.46. The summed E-state index contributed by atoms with van der Waals surface area (Å²) >= 11 is 0. The van der Waals surface area contributed by atoms with Gasteiger partial charge in [-0.2, -0.15) is 0 Å². The minimum absolute atomic E-state index is 0.611. The third kappa shape index (κ3) is 5.10. The Morgan fingerprint density at radius 1 is 1.17 bits per heavy atom. The second-order valence-corrected chi connectivity index (χ2v) is 4.53. The molecule has 18 heavy (non-hydrogen) atoms. The summed E-state index contributed by atoms with van der Waals surface area (Å²) in [6, 6.07) is 4.08. The molecule has 0 aliphatic rings. The Kier molecular flexibility index (Phi) is 6.83. The number of hydrogen-bond donors (Lipinski definition) is 2. The lowest BCUT2D eigenvalue weighted by Crippen LogP contribution is -2.30. The minimum atomic E-state index is -0.785. The molecule has 4 heteroatoms. The standard InChI is InChI=1S/C14H22F2N2/c1-3-11(9-17-2)10-18-7-6-12-4-5-13(15)14(16)8-12/h4-5,8,11,17-18H,3,6-7,9-10H2,1-2H3. The molecule has 0 aromatic heterocycles. The summed E-state index contributed by atoms with van der Waals surface area (Å²) in [4.78, 5) is 0. The lowest BCUT2D eigenvalue weighted by molar-refractivity contribution is 0.446. The normalized spacial score (nSPS) is 12.7. The molecule has 0 heterocycles. The quantitative estimate of drug-likeness (QED) is 0.698. The van der Waals surface area contributed by atoms with Gasteiger partial charge < -0.3 is 10.6 Å². The molecule has 0 aliphatic carbocycles. The zero-order valence-electron chi connectivity index (χ0n) is 11.1. The van der Waals surface area contributed by atoms with Gasteiger partial charge in [0.15, 0.2) is 11.6 Å². The maximum absolute atomic E-state index is 13.0. The molecule has 1 atom stereocenters. The van der Waals surface area contributed by atoms with E-state index in [2.05, 4.69) is 17.6 Å². The van der Waals surface area contributed by atoms with Gasteiger partial charge in [-0.05, 0) is 56.7 Å². The van der Waals surface area contributed by atoms with Gasteiger partial charge in [0.25, 0.3) is 0 Å². The Hall–Kier alpha value is -1.00. The fourth-order valence-electron chi connectivity index (χ4n) is 1.88. The van der Waals surface area contributed by atoms with Crippen molar-refractivity contribution in [3.8, 4) is 0 Å². The van der Waals surface area contributed by atoms with Crippen LogP contribution in [0.15, 0.2) is 18.2 Å². The lowest BCUT2D eigenvalue weighted by Gasteiger charge is -2.15. The van der Waals surface area contributed by atoms with Gasteiger partial charge in [0, 0.05) is 0 Å². The Bertz CT molecular complexity index is 356. The third-order valence-corrected chi connectivity index (χ3v) is 3.08. The van der Waals surface area contributed by atoms with Crippen molar-refractivity contribution < 1.29 is 8.78 Å². The van der Waals surface area contributed by atoms with E-state index in [-0.39, 0.29) is 0 Å². The number of benzene rings is 1. The van der Waals surface area contributed by atoms with Crippen molar-refractivity contribution in [3.05, 3.63) is 35.4 Å². The summed E-state index contributed by atoms with van der Waals surface area (Å²) < 4.78 is 25.7. The molecule has 0 spiro atoms. The largest absolute Gasteiger partial charge is 0.319 e. The van der Waals surface area contributed by atoms with Gasteiger partial charge in [-0.15, -0.1) is 0 Å². The maximum Gasteiger partial charge on any atom is 0.159 e. The molecule has 102 valence electrons. The van der Waals surface area contributed by atoms with E-state index < -0.39 is 11.6 Å². The summed E-state index contributed by atoms with van der Waals surface area (Å²) in [7, 11) is 1.95. The average molecular weight is 256 g/mol. The van der Waals surface area contributed by atoms with E-state index in [1.54, 1.807) is 6.07 Å². The Balaban J connectivity index is 2.26. The van der Waals surface area contributed by atoms with Gasteiger partial charge in [0.1, 0.15) is 0 Å². The average Bonchev–Trinajstić information content (AvgIpc) is 2.37. The molecule has 2 N–H and O–H groups in total. The van der Waals surface area contributed by atoms with Gasteiger partial charge >= 0.3 is 0 Å². The molecule has 0 saturated carbocycles. The SMILES string of the molecule is CCC(CNC)CNCCc1ccc(F)c(F)c1. The molecule has 1 aromatic carbocycles. The van der Waals surface area contributed by atoms with Crippen LogP contribution >= 0.6 is 0 Å². The van der Waals surface area contributed by atoms with Crippen molar-refractivity contribution in [1.82, 2.24) is 10.6 Å². The van der Waals surface area contributed by atoms with Crippen LogP contribution in [0.25, 0.3) is 0 Å². The fourth-order valence-corrected chi connectivity index (χ4v) is 1.88. The van der Waals surface area contributed by atoms with E-state index in [4.69, 9.17) is 0 Å². The van der Waals surface area contributed by atoms with Crippen molar-refractivity contribution in [3.63, 3.8) is 0 Å². The molecule has 0 saturated heterocycles. The molecule has 0 bridgehead atoms. The van der Waals surface area contributed by atoms with Crippen LogP contribution in [0.5, 0.6) is 0 Å². The molecule has 0 fully saturated rings. The predicted octanol–water partition coefficient (Wildman–Crippen LogP) is 2.34. The first kappa shape index (κ1) is 15.1. The highest BCUT2D eigenvalue weighted by molar-refractivity contribution is 5.17. The highest BCUT2D eigenvalue weighted by Crippen LogP contribution is 2.08. The topological polar surface area (TPSA) is 24.1 Å². The van der Waals surface area contributed by atoms with E-state index in [0.29, 0.717) is 12.3 Å². The number of nitrogens with one attached hydrogen (secondary N) is 2. The van der Waals surface area contributed by atoms with Crippen LogP contribution in [-0.2, 0) is 6.42 Å². The Morgan fingerprint density at radius 3 is 2.56 bits per heavy atom. The number of rotatable bonds is 8. The monoisotopic (exact) mass is 256 g/mol. The van der Waals surface area contributed by atoms with Crippen molar-refractivity contribution in [2.24, 2.45) is 5.92 Å². The van der Waals surface area contributed by atoms with Crippen LogP contribution in [0.4, 0.5) is 8.78 Å². The second-order valence-electron chi connectivity index (χ2n) is 4.53. The summed E-state index contributed by atoms with van der Waals surface area (Å²) in [6.45, 7) is 4.89. The molecule has 0 aliphatic heterocycles. The van der Waals surface area contributed by atoms with Crippen LogP contribution in [0, 0.1) is 17.6 Å². The summed E-state index contributed by atoms with van der Waals surface area (Å²) in [5.41, 5.74) is 0.822. The lowest BCUT2D eigenvalue weighted by atomic mass is 10.1. The fraction of sp³-hybridized carbons (Fsp3) is 0.571. The van der Waals surface area contributed by atoms with Crippen LogP contribution in [0.2, 0.25) is 0 Å². The first-order chi connectivity index (χ1) is 8.67. The van der Waals surface area contributed by atoms with Crippen molar-refractivity contribution in [2.45, 2.75) is 19.8 Å². The number of halogens is 2. The molecular formula is C14H22F2N2. The van der Waals surface area contributed by atoms with Crippen molar-refractivity contribution in [1.29, 1.82) is 0 Å². The van der Waals surface area contributed by atoms with Crippen LogP contribution < -0.4 is 10.6 Å². The van der Waals surface area contributed by atoms with Gasteiger partial charge in [0.05, 0.1) is 0 Å². The summed E-state index contributed by atoms with van der Waals surface area (Å²) in [6.07, 6.45) is 1.84. The highest BCUT2D eigenvalue weighted by atomic mass is 19.2. The Morgan fingerprint density at radius 2 is 1.94 bits per heavy atom. The number of hydrogen-bond acceptors (Lipinski definition) is 2. The van der Waals surface area contributed by atoms with Gasteiger partial charge in [-0.25, -0.2) is 8.78 Å². The van der Waals surface area contributed by atoms with E-state index in [9.17, 15) is 8.78 Å². The maximum atomic E-state index is 13.0. The van der Waals surface area contributed by atoms with Gasteiger partial charge in [0.2, 0.25) is 0 Å². The first-order valence-corrected chi connectivity index (χ1v) is 6.46. The minimum Gasteiger partial charge on any atom is -0.319 e. The van der Waals surface area contributed by atoms with Gasteiger partial charge in [-0.3, -0.25) is 0 Å². The van der Waals surface area contributed by atoms with Crippen LogP contribution in [-0.4, -0.2) is 26.7 Å². The summed E-state index contributed by atoms with van der Waals surface area (Å²) in [5, 5.41) is 6.51. The van der Waals surface area contributed by atoms with Crippen LogP contribution in [0.1, 0.15) is 18.9 Å². The third-order valence-electron chi connectivity index (χ3n) is 3.08. The van der Waals surface area contributed by atoms with Crippen molar-refractivity contribution >= 4 is 0 Å². The molecule has 1 unspecified atom stereocenters. The zero-order chi connectivity index (χ0) is 13.4. The van der Waals surface area contributed by atoms with E-state index >= 15 is 0 Å². The zero-order valence-corrected chi connectivity index (χ0v) is 11.1. The summed E-state index contributed by atoms with van der Waals surface area (Å²) in [5.74, 6) is -0.944. The van der Waals surface area contributed by atoms with E-state index in [1.807, 2.05) is 7.05 Å². The van der Waals surface area contributed by atoms with Gasteiger partial charge in [-0.1, -0.05) is 19.4 Å². The Labute approximate surface area is 108 Å².